The summed E-state index contributed by atoms with van der Waals surface area (Å²) in [5.74, 6) is 1.24. The number of hydrogen-bond donors (Lipinski definition) is 1. The molecule has 1 aromatic heterocycles. The molecule has 2 saturated heterocycles. The Labute approximate surface area is 164 Å². The van der Waals surface area contributed by atoms with E-state index in [9.17, 15) is 0 Å². The summed E-state index contributed by atoms with van der Waals surface area (Å²) in [6.45, 7) is 12.9. The summed E-state index contributed by atoms with van der Waals surface area (Å²) >= 11 is 0. The van der Waals surface area contributed by atoms with E-state index in [1.165, 1.54) is 25.1 Å². The zero-order chi connectivity index (χ0) is 16.3. The maximum atomic E-state index is 5.48. The molecule has 0 amide bonds. The van der Waals surface area contributed by atoms with E-state index in [0.29, 0.717) is 12.1 Å². The quantitative estimate of drug-likeness (QED) is 0.835. The molecule has 3 rings (SSSR count). The van der Waals surface area contributed by atoms with Crippen LogP contribution in [0, 0.1) is 0 Å². The van der Waals surface area contributed by atoms with Crippen molar-refractivity contribution in [1.82, 2.24) is 19.8 Å². The number of aromatic nitrogens is 2. The van der Waals surface area contributed by atoms with Gasteiger partial charge in [-0.25, -0.2) is 4.98 Å². The van der Waals surface area contributed by atoms with Crippen molar-refractivity contribution in [2.45, 2.75) is 57.5 Å². The Balaban J connectivity index is 0.00000156. The molecule has 0 aliphatic carbocycles. The van der Waals surface area contributed by atoms with Crippen LogP contribution in [0.1, 0.15) is 51.9 Å². The predicted molar refractivity (Wildman–Crippen MR) is 107 cm³/mol. The lowest BCUT2D eigenvalue weighted by Crippen LogP contribution is -2.45. The molecular formula is C18H34Cl2N4O. The number of hydrogen-bond acceptors (Lipinski definition) is 4. The van der Waals surface area contributed by atoms with Gasteiger partial charge in [-0.2, -0.15) is 0 Å². The third-order valence-corrected chi connectivity index (χ3v) is 5.35. The summed E-state index contributed by atoms with van der Waals surface area (Å²) in [5.41, 5.74) is 0.0629. The fraction of sp³-hybridized carbons (Fsp3) is 0.833. The summed E-state index contributed by atoms with van der Waals surface area (Å²) in [6.07, 6.45) is 7.80. The van der Waals surface area contributed by atoms with Crippen molar-refractivity contribution in [3.8, 4) is 0 Å². The second-order valence-corrected chi connectivity index (χ2v) is 7.67. The molecule has 0 aromatic carbocycles. The highest BCUT2D eigenvalue weighted by atomic mass is 35.5. The number of nitrogens with zero attached hydrogens (tertiary/aromatic N) is 3. The van der Waals surface area contributed by atoms with Crippen LogP contribution in [0.5, 0.6) is 0 Å². The van der Waals surface area contributed by atoms with Crippen molar-refractivity contribution in [2.75, 3.05) is 39.4 Å². The van der Waals surface area contributed by atoms with E-state index in [1.807, 2.05) is 6.20 Å². The van der Waals surface area contributed by atoms with E-state index >= 15 is 0 Å². The van der Waals surface area contributed by atoms with E-state index in [4.69, 9.17) is 9.72 Å². The summed E-state index contributed by atoms with van der Waals surface area (Å²) in [6, 6.07) is 1.23. The van der Waals surface area contributed by atoms with Gasteiger partial charge >= 0.3 is 0 Å². The topological polar surface area (TPSA) is 42.3 Å². The minimum atomic E-state index is 0. The summed E-state index contributed by atoms with van der Waals surface area (Å²) in [7, 11) is 0. The SMILES string of the molecule is CC[C@@H]1C[C@H](n2ccnc2C(C)(C)CN2CCOCC2)CCN1.Cl.Cl. The molecule has 5 nitrogen and oxygen atoms in total. The molecular weight excluding hydrogens is 359 g/mol. The van der Waals surface area contributed by atoms with Gasteiger partial charge in [-0.1, -0.05) is 20.8 Å². The number of halogens is 2. The average Bonchev–Trinajstić information content (AvgIpc) is 3.06. The molecule has 0 radical (unpaired) electrons. The first-order valence-corrected chi connectivity index (χ1v) is 9.17. The molecule has 2 atom stereocenters. The van der Waals surface area contributed by atoms with E-state index in [2.05, 4.69) is 41.8 Å². The first-order valence-electron chi connectivity index (χ1n) is 9.17. The first kappa shape index (κ1) is 22.7. The van der Waals surface area contributed by atoms with Crippen molar-refractivity contribution < 1.29 is 4.74 Å². The van der Waals surface area contributed by atoms with E-state index in [1.54, 1.807) is 0 Å². The van der Waals surface area contributed by atoms with Crippen molar-refractivity contribution in [3.63, 3.8) is 0 Å². The standard InChI is InChI=1S/C18H32N4O.2ClH/c1-4-15-13-16(5-6-19-15)22-8-7-20-17(22)18(2,3)14-21-9-11-23-12-10-21;;/h7-8,15-16,19H,4-6,9-14H2,1-3H3;2*1H/t15-,16-;;/m1../s1. The van der Waals surface area contributed by atoms with Gasteiger partial charge in [-0.3, -0.25) is 4.90 Å². The minimum Gasteiger partial charge on any atom is -0.379 e. The van der Waals surface area contributed by atoms with E-state index in [0.717, 1.165) is 39.4 Å². The van der Waals surface area contributed by atoms with Crippen LogP contribution in [0.3, 0.4) is 0 Å². The van der Waals surface area contributed by atoms with Crippen molar-refractivity contribution in [3.05, 3.63) is 18.2 Å². The number of morpholine rings is 1. The van der Waals surface area contributed by atoms with Gasteiger partial charge in [0.15, 0.2) is 0 Å². The van der Waals surface area contributed by atoms with Gasteiger partial charge in [0.1, 0.15) is 5.82 Å². The molecule has 0 bridgehead atoms. The van der Waals surface area contributed by atoms with Gasteiger partial charge < -0.3 is 14.6 Å². The number of imidazole rings is 1. The molecule has 1 aromatic rings. The molecule has 3 heterocycles. The number of rotatable bonds is 5. The summed E-state index contributed by atoms with van der Waals surface area (Å²) in [4.78, 5) is 7.28. The highest BCUT2D eigenvalue weighted by molar-refractivity contribution is 5.85. The summed E-state index contributed by atoms with van der Waals surface area (Å²) in [5, 5.41) is 3.63. The highest BCUT2D eigenvalue weighted by Crippen LogP contribution is 2.30. The number of nitrogens with one attached hydrogen (secondary N) is 1. The zero-order valence-electron chi connectivity index (χ0n) is 15.7. The van der Waals surface area contributed by atoms with Crippen LogP contribution in [0.4, 0.5) is 0 Å². The Kier molecular flexibility index (Phi) is 9.19. The molecule has 146 valence electrons. The van der Waals surface area contributed by atoms with Crippen LogP contribution in [-0.2, 0) is 10.2 Å². The monoisotopic (exact) mass is 392 g/mol. The van der Waals surface area contributed by atoms with Crippen LogP contribution >= 0.6 is 24.8 Å². The smallest absolute Gasteiger partial charge is 0.115 e. The Bertz CT molecular complexity index is 503. The van der Waals surface area contributed by atoms with Crippen LogP contribution in [-0.4, -0.2) is 59.9 Å². The molecule has 2 fully saturated rings. The van der Waals surface area contributed by atoms with Gasteiger partial charge in [0.25, 0.3) is 0 Å². The number of ether oxygens (including phenoxy) is 1. The molecule has 0 saturated carbocycles. The molecule has 25 heavy (non-hydrogen) atoms. The maximum absolute atomic E-state index is 5.48. The van der Waals surface area contributed by atoms with E-state index in [-0.39, 0.29) is 30.2 Å². The van der Waals surface area contributed by atoms with Crippen molar-refractivity contribution in [2.24, 2.45) is 0 Å². The van der Waals surface area contributed by atoms with E-state index < -0.39 is 0 Å². The largest absolute Gasteiger partial charge is 0.379 e. The predicted octanol–water partition coefficient (Wildman–Crippen LogP) is 3.04. The third kappa shape index (κ3) is 5.57. The molecule has 0 spiro atoms. The molecule has 2 aliphatic rings. The van der Waals surface area contributed by atoms with Crippen LogP contribution in [0.2, 0.25) is 0 Å². The third-order valence-electron chi connectivity index (χ3n) is 5.35. The Morgan fingerprint density at radius 3 is 2.68 bits per heavy atom. The Morgan fingerprint density at radius 1 is 1.28 bits per heavy atom. The first-order chi connectivity index (χ1) is 11.1. The maximum Gasteiger partial charge on any atom is 0.115 e. The lowest BCUT2D eigenvalue weighted by molar-refractivity contribution is 0.0284. The second kappa shape index (κ2) is 10.1. The lowest BCUT2D eigenvalue weighted by Gasteiger charge is -2.37. The van der Waals surface area contributed by atoms with Crippen molar-refractivity contribution >= 4 is 24.8 Å². The molecule has 2 aliphatic heterocycles. The second-order valence-electron chi connectivity index (χ2n) is 7.67. The van der Waals surface area contributed by atoms with Gasteiger partial charge in [0.05, 0.1) is 13.2 Å². The Morgan fingerprint density at radius 2 is 2.00 bits per heavy atom. The average molecular weight is 393 g/mol. The van der Waals surface area contributed by atoms with Gasteiger partial charge in [0.2, 0.25) is 0 Å². The molecule has 0 unspecified atom stereocenters. The van der Waals surface area contributed by atoms with Crippen molar-refractivity contribution in [1.29, 1.82) is 0 Å². The van der Waals surface area contributed by atoms with Crippen LogP contribution in [0.25, 0.3) is 0 Å². The molecule has 1 N–H and O–H groups in total. The zero-order valence-corrected chi connectivity index (χ0v) is 17.4. The normalized spacial score (nSPS) is 25.1. The van der Waals surface area contributed by atoms with Crippen LogP contribution in [0.15, 0.2) is 12.4 Å². The lowest BCUT2D eigenvalue weighted by atomic mass is 9.89. The van der Waals surface area contributed by atoms with Gasteiger partial charge in [-0.15, -0.1) is 24.8 Å². The fourth-order valence-electron chi connectivity index (χ4n) is 4.07. The van der Waals surface area contributed by atoms with Gasteiger partial charge in [-0.05, 0) is 25.8 Å². The van der Waals surface area contributed by atoms with Crippen LogP contribution < -0.4 is 5.32 Å². The van der Waals surface area contributed by atoms with Gasteiger partial charge in [0, 0.05) is 49.5 Å². The minimum absolute atomic E-state index is 0. The summed E-state index contributed by atoms with van der Waals surface area (Å²) < 4.78 is 7.94. The highest BCUT2D eigenvalue weighted by Gasteiger charge is 2.32. The Hall–Kier alpha value is -0.330. The molecule has 7 heteroatoms. The number of piperidine rings is 1. The fourth-order valence-corrected chi connectivity index (χ4v) is 4.07.